The van der Waals surface area contributed by atoms with Crippen LogP contribution in [0, 0.1) is 0 Å². The van der Waals surface area contributed by atoms with Gasteiger partial charge in [0.05, 0.1) is 0 Å². The van der Waals surface area contributed by atoms with E-state index >= 15 is 0 Å². The summed E-state index contributed by atoms with van der Waals surface area (Å²) in [5.41, 5.74) is 1.76. The van der Waals surface area contributed by atoms with Crippen molar-refractivity contribution < 1.29 is 5.11 Å². The molecule has 21 heavy (non-hydrogen) atoms. The van der Waals surface area contributed by atoms with Gasteiger partial charge in [0.1, 0.15) is 5.75 Å². The average molecular weight is 281 g/mol. The average Bonchev–Trinajstić information content (AvgIpc) is 2.48. The minimum Gasteiger partial charge on any atom is -0.508 e. The maximum absolute atomic E-state index is 10.2. The third-order valence-electron chi connectivity index (χ3n) is 3.89. The monoisotopic (exact) mass is 281 g/mol. The lowest BCUT2D eigenvalue weighted by molar-refractivity contribution is 0.316. The maximum atomic E-state index is 10.2. The van der Waals surface area contributed by atoms with E-state index < -0.39 is 0 Å². The van der Waals surface area contributed by atoms with Gasteiger partial charge in [-0.25, -0.2) is 0 Å². The summed E-state index contributed by atoms with van der Waals surface area (Å²) in [7, 11) is 0. The molecule has 2 N–H and O–H groups in total. The molecular formula is C19H23NO. The topological polar surface area (TPSA) is 32.3 Å². The van der Waals surface area contributed by atoms with E-state index in [1.54, 1.807) is 6.07 Å². The largest absolute Gasteiger partial charge is 0.508 e. The van der Waals surface area contributed by atoms with Crippen molar-refractivity contribution in [1.82, 2.24) is 5.32 Å². The number of hydrogen-bond donors (Lipinski definition) is 2. The standard InChI is InChI=1S/C19H23NO/c1-4-14-19(3,17-12-8-9-13-18(17)21)20-15(2)16-10-6-5-7-11-16/h4-13,15,20-21H,1,14H2,2-3H3/t15-,19+/m1/s1. The van der Waals surface area contributed by atoms with E-state index in [-0.39, 0.29) is 11.6 Å². The summed E-state index contributed by atoms with van der Waals surface area (Å²) in [6.07, 6.45) is 2.62. The van der Waals surface area contributed by atoms with E-state index in [4.69, 9.17) is 0 Å². The molecule has 110 valence electrons. The Labute approximate surface area is 127 Å². The summed E-state index contributed by atoms with van der Waals surface area (Å²) in [6, 6.07) is 18.0. The van der Waals surface area contributed by atoms with Crippen molar-refractivity contribution in [3.63, 3.8) is 0 Å². The van der Waals surface area contributed by atoms with Gasteiger partial charge in [0, 0.05) is 17.1 Å². The van der Waals surface area contributed by atoms with Gasteiger partial charge in [-0.2, -0.15) is 0 Å². The molecule has 2 nitrogen and oxygen atoms in total. The molecule has 0 bridgehead atoms. The van der Waals surface area contributed by atoms with Gasteiger partial charge in [-0.3, -0.25) is 0 Å². The van der Waals surface area contributed by atoms with E-state index in [1.165, 1.54) is 5.56 Å². The first-order valence-corrected chi connectivity index (χ1v) is 7.29. The van der Waals surface area contributed by atoms with Gasteiger partial charge in [0.25, 0.3) is 0 Å². The molecule has 0 radical (unpaired) electrons. The van der Waals surface area contributed by atoms with Crippen LogP contribution in [-0.2, 0) is 5.54 Å². The molecular weight excluding hydrogens is 258 g/mol. The normalized spacial score (nSPS) is 15.1. The number of aromatic hydroxyl groups is 1. The zero-order valence-corrected chi connectivity index (χ0v) is 12.7. The Kier molecular flexibility index (Phi) is 4.81. The number of nitrogens with one attached hydrogen (secondary N) is 1. The van der Waals surface area contributed by atoms with Gasteiger partial charge in [0.2, 0.25) is 0 Å². The third-order valence-corrected chi connectivity index (χ3v) is 3.89. The lowest BCUT2D eigenvalue weighted by Crippen LogP contribution is -2.40. The molecule has 0 unspecified atom stereocenters. The first-order chi connectivity index (χ1) is 10.1. The Bertz CT molecular complexity index is 594. The van der Waals surface area contributed by atoms with Crippen molar-refractivity contribution in [1.29, 1.82) is 0 Å². The quantitative estimate of drug-likeness (QED) is 0.762. The second-order valence-electron chi connectivity index (χ2n) is 5.62. The lowest BCUT2D eigenvalue weighted by Gasteiger charge is -2.34. The molecule has 2 rings (SSSR count). The predicted molar refractivity (Wildman–Crippen MR) is 88.3 cm³/mol. The Morgan fingerprint density at radius 1 is 1.14 bits per heavy atom. The number of hydrogen-bond acceptors (Lipinski definition) is 2. The molecule has 0 aliphatic rings. The minimum absolute atomic E-state index is 0.177. The summed E-state index contributed by atoms with van der Waals surface area (Å²) in [5.74, 6) is 0.314. The highest BCUT2D eigenvalue weighted by atomic mass is 16.3. The molecule has 0 spiro atoms. The van der Waals surface area contributed by atoms with Crippen LogP contribution in [0.1, 0.15) is 37.4 Å². The molecule has 0 aromatic heterocycles. The zero-order valence-electron chi connectivity index (χ0n) is 12.7. The SMILES string of the molecule is C=CC[C@](C)(N[C@H](C)c1ccccc1)c1ccccc1O. The van der Waals surface area contributed by atoms with Crippen LogP contribution in [0.25, 0.3) is 0 Å². The van der Waals surface area contributed by atoms with Gasteiger partial charge in [-0.1, -0.05) is 54.6 Å². The molecule has 0 amide bonds. The fraction of sp³-hybridized carbons (Fsp3) is 0.263. The van der Waals surface area contributed by atoms with E-state index in [0.29, 0.717) is 5.75 Å². The van der Waals surface area contributed by atoms with Crippen LogP contribution in [0.15, 0.2) is 67.3 Å². The van der Waals surface area contributed by atoms with Gasteiger partial charge in [-0.05, 0) is 31.9 Å². The molecule has 2 aromatic rings. The van der Waals surface area contributed by atoms with Gasteiger partial charge in [0.15, 0.2) is 0 Å². The van der Waals surface area contributed by atoms with Crippen molar-refractivity contribution in [3.05, 3.63) is 78.4 Å². The minimum atomic E-state index is -0.359. The number of phenols is 1. The summed E-state index contributed by atoms with van der Waals surface area (Å²) >= 11 is 0. The first kappa shape index (κ1) is 15.3. The van der Waals surface area contributed by atoms with Crippen molar-refractivity contribution in [3.8, 4) is 5.75 Å². The van der Waals surface area contributed by atoms with E-state index in [0.717, 1.165) is 12.0 Å². The molecule has 2 aromatic carbocycles. The Morgan fingerprint density at radius 3 is 2.38 bits per heavy atom. The second-order valence-corrected chi connectivity index (χ2v) is 5.62. The van der Waals surface area contributed by atoms with Crippen LogP contribution >= 0.6 is 0 Å². The van der Waals surface area contributed by atoms with Gasteiger partial charge < -0.3 is 10.4 Å². The highest BCUT2D eigenvalue weighted by molar-refractivity contribution is 5.38. The molecule has 2 heteroatoms. The van der Waals surface area contributed by atoms with Gasteiger partial charge >= 0.3 is 0 Å². The Hall–Kier alpha value is -2.06. The number of para-hydroxylation sites is 1. The molecule has 2 atom stereocenters. The molecule has 0 heterocycles. The molecule has 0 aliphatic heterocycles. The van der Waals surface area contributed by atoms with Crippen LogP contribution < -0.4 is 5.32 Å². The van der Waals surface area contributed by atoms with Crippen LogP contribution in [-0.4, -0.2) is 5.11 Å². The predicted octanol–water partition coefficient (Wildman–Crippen LogP) is 4.53. The first-order valence-electron chi connectivity index (χ1n) is 7.29. The molecule has 0 fully saturated rings. The number of rotatable bonds is 6. The van der Waals surface area contributed by atoms with Gasteiger partial charge in [-0.15, -0.1) is 6.58 Å². The highest BCUT2D eigenvalue weighted by Gasteiger charge is 2.29. The number of benzene rings is 2. The van der Waals surface area contributed by atoms with Crippen LogP contribution in [0.3, 0.4) is 0 Å². The highest BCUT2D eigenvalue weighted by Crippen LogP contribution is 2.34. The van der Waals surface area contributed by atoms with E-state index in [1.807, 2.05) is 42.5 Å². The van der Waals surface area contributed by atoms with Crippen LogP contribution in [0.5, 0.6) is 5.75 Å². The van der Waals surface area contributed by atoms with Crippen molar-refractivity contribution in [2.45, 2.75) is 31.8 Å². The van der Waals surface area contributed by atoms with Crippen molar-refractivity contribution in [2.24, 2.45) is 0 Å². The number of phenolic OH excluding ortho intramolecular Hbond substituents is 1. The van der Waals surface area contributed by atoms with Crippen molar-refractivity contribution >= 4 is 0 Å². The fourth-order valence-corrected chi connectivity index (χ4v) is 2.78. The van der Waals surface area contributed by atoms with Crippen molar-refractivity contribution in [2.75, 3.05) is 0 Å². The molecule has 0 aliphatic carbocycles. The maximum Gasteiger partial charge on any atom is 0.120 e. The lowest BCUT2D eigenvalue weighted by atomic mass is 9.86. The van der Waals surface area contributed by atoms with Crippen LogP contribution in [0.4, 0.5) is 0 Å². The third kappa shape index (κ3) is 3.53. The van der Waals surface area contributed by atoms with E-state index in [2.05, 4.69) is 37.9 Å². The summed E-state index contributed by atoms with van der Waals surface area (Å²) in [4.78, 5) is 0. The Balaban J connectivity index is 2.31. The smallest absolute Gasteiger partial charge is 0.120 e. The Morgan fingerprint density at radius 2 is 1.76 bits per heavy atom. The molecule has 0 saturated heterocycles. The van der Waals surface area contributed by atoms with Crippen LogP contribution in [0.2, 0.25) is 0 Å². The summed E-state index contributed by atoms with van der Waals surface area (Å²) in [6.45, 7) is 8.10. The zero-order chi connectivity index (χ0) is 15.3. The second kappa shape index (κ2) is 6.59. The summed E-state index contributed by atoms with van der Waals surface area (Å²) in [5, 5.41) is 13.8. The fourth-order valence-electron chi connectivity index (χ4n) is 2.78. The molecule has 0 saturated carbocycles. The summed E-state index contributed by atoms with van der Waals surface area (Å²) < 4.78 is 0. The van der Waals surface area contributed by atoms with E-state index in [9.17, 15) is 5.11 Å².